The van der Waals surface area contributed by atoms with Crippen molar-refractivity contribution < 1.29 is 9.13 Å². The summed E-state index contributed by atoms with van der Waals surface area (Å²) in [4.78, 5) is 0. The van der Waals surface area contributed by atoms with Crippen molar-refractivity contribution in [3.05, 3.63) is 34.6 Å². The number of nitrogens with one attached hydrogen (secondary N) is 1. The van der Waals surface area contributed by atoms with Gasteiger partial charge in [-0.1, -0.05) is 30.7 Å². The van der Waals surface area contributed by atoms with Crippen molar-refractivity contribution in [1.29, 1.82) is 0 Å². The Morgan fingerprint density at radius 3 is 2.70 bits per heavy atom. The van der Waals surface area contributed by atoms with Gasteiger partial charge >= 0.3 is 0 Å². The van der Waals surface area contributed by atoms with Crippen molar-refractivity contribution >= 4 is 11.6 Å². The van der Waals surface area contributed by atoms with Gasteiger partial charge in [-0.2, -0.15) is 0 Å². The summed E-state index contributed by atoms with van der Waals surface area (Å²) in [5.74, 6) is -0.312. The normalized spacial score (nSPS) is 13.5. The molecule has 1 aromatic carbocycles. The molecule has 2 nitrogen and oxygen atoms in total. The lowest BCUT2D eigenvalue weighted by atomic mass is 9.93. The third-order valence-corrected chi connectivity index (χ3v) is 3.76. The van der Waals surface area contributed by atoms with E-state index in [4.69, 9.17) is 16.3 Å². The molecule has 1 aromatic rings. The van der Waals surface area contributed by atoms with Crippen LogP contribution in [0, 0.1) is 5.82 Å². The average Bonchev–Trinajstić information content (AvgIpc) is 2.41. The monoisotopic (exact) mass is 301 g/mol. The molecule has 0 fully saturated rings. The minimum atomic E-state index is -0.312. The van der Waals surface area contributed by atoms with Gasteiger partial charge in [0.15, 0.2) is 0 Å². The van der Waals surface area contributed by atoms with Crippen molar-refractivity contribution in [2.45, 2.75) is 51.7 Å². The van der Waals surface area contributed by atoms with Crippen LogP contribution >= 0.6 is 11.6 Å². The molecule has 114 valence electrons. The molecule has 0 spiro atoms. The third-order valence-electron chi connectivity index (χ3n) is 3.47. The molecular weight excluding hydrogens is 277 g/mol. The highest BCUT2D eigenvalue weighted by molar-refractivity contribution is 6.30. The fraction of sp³-hybridized carbons (Fsp3) is 0.625. The molecule has 1 rings (SSSR count). The van der Waals surface area contributed by atoms with Gasteiger partial charge in [0.1, 0.15) is 5.82 Å². The first-order chi connectivity index (χ1) is 9.39. The van der Waals surface area contributed by atoms with Crippen LogP contribution in [0.3, 0.4) is 0 Å². The van der Waals surface area contributed by atoms with Crippen LogP contribution in [0.25, 0.3) is 0 Å². The van der Waals surface area contributed by atoms with Crippen LogP contribution in [-0.2, 0) is 11.2 Å². The van der Waals surface area contributed by atoms with Gasteiger partial charge in [0.25, 0.3) is 0 Å². The fourth-order valence-corrected chi connectivity index (χ4v) is 2.41. The summed E-state index contributed by atoms with van der Waals surface area (Å²) in [7, 11) is 1.71. The van der Waals surface area contributed by atoms with Gasteiger partial charge in [-0.15, -0.1) is 0 Å². The van der Waals surface area contributed by atoms with Crippen LogP contribution in [0.15, 0.2) is 18.2 Å². The molecular formula is C16H25ClFNO. The van der Waals surface area contributed by atoms with E-state index in [2.05, 4.69) is 12.2 Å². The summed E-state index contributed by atoms with van der Waals surface area (Å²) in [6.45, 7) is 7.11. The summed E-state index contributed by atoms with van der Waals surface area (Å²) >= 11 is 5.84. The maximum absolute atomic E-state index is 14.0. The van der Waals surface area contributed by atoms with Crippen LogP contribution in [0.2, 0.25) is 5.02 Å². The van der Waals surface area contributed by atoms with E-state index in [1.54, 1.807) is 25.3 Å². The topological polar surface area (TPSA) is 21.3 Å². The predicted octanol–water partition coefficient (Wildman–Crippen LogP) is 4.20. The molecule has 0 amide bonds. The van der Waals surface area contributed by atoms with E-state index in [9.17, 15) is 4.39 Å². The molecule has 4 heteroatoms. The molecule has 0 saturated heterocycles. The van der Waals surface area contributed by atoms with Crippen molar-refractivity contribution in [2.75, 3.05) is 13.7 Å². The van der Waals surface area contributed by atoms with Crippen molar-refractivity contribution in [1.82, 2.24) is 5.32 Å². The first-order valence-electron chi connectivity index (χ1n) is 7.11. The molecule has 1 atom stereocenters. The summed E-state index contributed by atoms with van der Waals surface area (Å²) in [5, 5.41) is 3.65. The number of benzene rings is 1. The maximum Gasteiger partial charge on any atom is 0.145 e. The van der Waals surface area contributed by atoms with Crippen LogP contribution in [-0.4, -0.2) is 25.3 Å². The van der Waals surface area contributed by atoms with E-state index in [1.807, 2.05) is 13.8 Å². The van der Waals surface area contributed by atoms with E-state index >= 15 is 0 Å². The largest absolute Gasteiger partial charge is 0.379 e. The Labute approximate surface area is 126 Å². The van der Waals surface area contributed by atoms with Gasteiger partial charge in [0.05, 0.1) is 10.6 Å². The summed E-state index contributed by atoms with van der Waals surface area (Å²) in [5.41, 5.74) is 0.415. The lowest BCUT2D eigenvalue weighted by Crippen LogP contribution is -2.39. The Bertz CT molecular complexity index is 423. The van der Waals surface area contributed by atoms with Gasteiger partial charge in [-0.25, -0.2) is 4.39 Å². The number of rotatable bonds is 8. The van der Waals surface area contributed by atoms with Crippen LogP contribution in [0.5, 0.6) is 0 Å². The van der Waals surface area contributed by atoms with Crippen molar-refractivity contribution in [2.24, 2.45) is 0 Å². The SMILES string of the molecule is CCCNC(Cc1cccc(Cl)c1F)CC(C)(C)OC. The Hall–Kier alpha value is -0.640. The molecule has 0 saturated carbocycles. The van der Waals surface area contributed by atoms with Gasteiger partial charge < -0.3 is 10.1 Å². The molecule has 0 aliphatic carbocycles. The highest BCUT2D eigenvalue weighted by Gasteiger charge is 2.23. The van der Waals surface area contributed by atoms with Gasteiger partial charge in [0, 0.05) is 13.2 Å². The smallest absolute Gasteiger partial charge is 0.145 e. The van der Waals surface area contributed by atoms with Crippen LogP contribution in [0.4, 0.5) is 4.39 Å². The lowest BCUT2D eigenvalue weighted by Gasteiger charge is -2.29. The zero-order valence-electron chi connectivity index (χ0n) is 12.8. The molecule has 20 heavy (non-hydrogen) atoms. The Morgan fingerprint density at radius 1 is 1.40 bits per heavy atom. The molecule has 0 bridgehead atoms. The van der Waals surface area contributed by atoms with E-state index < -0.39 is 0 Å². The van der Waals surface area contributed by atoms with Gasteiger partial charge in [-0.3, -0.25) is 0 Å². The van der Waals surface area contributed by atoms with Crippen LogP contribution in [0.1, 0.15) is 39.2 Å². The Balaban J connectivity index is 2.80. The minimum absolute atomic E-state index is 0.165. The Morgan fingerprint density at radius 2 is 2.10 bits per heavy atom. The second-order valence-corrected chi connectivity index (χ2v) is 6.14. The molecule has 0 aromatic heterocycles. The molecule has 0 radical (unpaired) electrons. The highest BCUT2D eigenvalue weighted by atomic mass is 35.5. The highest BCUT2D eigenvalue weighted by Crippen LogP contribution is 2.22. The van der Waals surface area contributed by atoms with E-state index in [0.717, 1.165) is 19.4 Å². The van der Waals surface area contributed by atoms with Crippen LogP contribution < -0.4 is 5.32 Å². The van der Waals surface area contributed by atoms with E-state index in [1.165, 1.54) is 0 Å². The average molecular weight is 302 g/mol. The maximum atomic E-state index is 14.0. The standard InChI is InChI=1S/C16H25ClFNO/c1-5-9-19-13(11-16(2,3)20-4)10-12-7-6-8-14(17)15(12)18/h6-8,13,19H,5,9-11H2,1-4H3. The summed E-state index contributed by atoms with van der Waals surface area (Å²) in [6, 6.07) is 5.33. The number of hydrogen-bond donors (Lipinski definition) is 1. The Kier molecular flexibility index (Phi) is 6.93. The summed E-state index contributed by atoms with van der Waals surface area (Å²) in [6.07, 6.45) is 2.47. The quantitative estimate of drug-likeness (QED) is 0.777. The zero-order chi connectivity index (χ0) is 15.2. The first-order valence-corrected chi connectivity index (χ1v) is 7.49. The van der Waals surface area contributed by atoms with E-state index in [-0.39, 0.29) is 22.5 Å². The van der Waals surface area contributed by atoms with Crippen molar-refractivity contribution in [3.8, 4) is 0 Å². The lowest BCUT2D eigenvalue weighted by molar-refractivity contribution is 0.00708. The van der Waals surface area contributed by atoms with Crippen molar-refractivity contribution in [3.63, 3.8) is 0 Å². The zero-order valence-corrected chi connectivity index (χ0v) is 13.6. The van der Waals surface area contributed by atoms with E-state index in [0.29, 0.717) is 12.0 Å². The second kappa shape index (κ2) is 7.96. The number of halogens is 2. The minimum Gasteiger partial charge on any atom is -0.379 e. The number of hydrogen-bond acceptors (Lipinski definition) is 2. The third kappa shape index (κ3) is 5.39. The molecule has 1 unspecified atom stereocenters. The molecule has 0 aliphatic heterocycles. The fourth-order valence-electron chi connectivity index (χ4n) is 2.21. The predicted molar refractivity (Wildman–Crippen MR) is 82.9 cm³/mol. The summed E-state index contributed by atoms with van der Waals surface area (Å²) < 4.78 is 19.5. The molecule has 1 N–H and O–H groups in total. The number of ether oxygens (including phenoxy) is 1. The molecule has 0 heterocycles. The molecule has 0 aliphatic rings. The number of methoxy groups -OCH3 is 1. The van der Waals surface area contributed by atoms with Gasteiger partial charge in [-0.05, 0) is 51.3 Å². The van der Waals surface area contributed by atoms with Gasteiger partial charge in [0.2, 0.25) is 0 Å². The first kappa shape index (κ1) is 17.4. The second-order valence-electron chi connectivity index (χ2n) is 5.74.